The van der Waals surface area contributed by atoms with Gasteiger partial charge in [-0.1, -0.05) is 50.0 Å². The molecule has 0 unspecified atom stereocenters. The summed E-state index contributed by atoms with van der Waals surface area (Å²) in [5.41, 5.74) is 0. The zero-order valence-corrected chi connectivity index (χ0v) is 11.0. The van der Waals surface area contributed by atoms with Crippen LogP contribution in [0.1, 0.15) is 50.0 Å². The summed E-state index contributed by atoms with van der Waals surface area (Å²) in [5, 5.41) is 14.9. The van der Waals surface area contributed by atoms with Crippen molar-refractivity contribution in [2.75, 3.05) is 0 Å². The summed E-state index contributed by atoms with van der Waals surface area (Å²) in [6.07, 6.45) is 6.56. The lowest BCUT2D eigenvalue weighted by molar-refractivity contribution is 0.654. The van der Waals surface area contributed by atoms with Crippen LogP contribution in [0.4, 0.5) is 0 Å². The molecule has 2 heterocycles. The number of hydrogen-bond acceptors (Lipinski definition) is 4. The van der Waals surface area contributed by atoms with E-state index in [-0.39, 0.29) is 22.3 Å². The fourth-order valence-electron chi connectivity index (χ4n) is 0.565. The summed E-state index contributed by atoms with van der Waals surface area (Å²) in [4.78, 5) is 3.00. The van der Waals surface area contributed by atoms with Crippen molar-refractivity contribution in [3.8, 4) is 0 Å². The fourth-order valence-corrected chi connectivity index (χ4v) is 0.565. The predicted molar refractivity (Wildman–Crippen MR) is 84.9 cm³/mol. The summed E-state index contributed by atoms with van der Waals surface area (Å²) < 4.78 is 0. The number of aromatic nitrogens is 6. The maximum Gasteiger partial charge on any atom is 0.0692 e. The Kier molecular flexibility index (Phi) is 40.3. The Morgan fingerprint density at radius 3 is 0.737 bits per heavy atom. The highest BCUT2D eigenvalue weighted by molar-refractivity contribution is 4.57. The topological polar surface area (TPSA) is 61.4 Å². The highest BCUT2D eigenvalue weighted by Crippen LogP contribution is 1.65. The van der Waals surface area contributed by atoms with Crippen LogP contribution in [0.2, 0.25) is 0 Å². The van der Waals surface area contributed by atoms with Gasteiger partial charge in [0, 0.05) is 14.1 Å². The molecule has 116 valence electrons. The second-order valence-corrected chi connectivity index (χ2v) is 2.04. The first-order valence-corrected chi connectivity index (χ1v) is 5.39. The smallest absolute Gasteiger partial charge is 0.0692 e. The minimum absolute atomic E-state index is 0. The minimum atomic E-state index is 0. The van der Waals surface area contributed by atoms with Gasteiger partial charge in [-0.15, -0.1) is 0 Å². The molecule has 0 aliphatic heterocycles. The monoisotopic (exact) mass is 274 g/mol. The first kappa shape index (κ1) is 30.4. The Morgan fingerprint density at radius 2 is 0.684 bits per heavy atom. The van der Waals surface area contributed by atoms with Gasteiger partial charge in [0.2, 0.25) is 0 Å². The summed E-state index contributed by atoms with van der Waals surface area (Å²) in [6, 6.07) is 0. The van der Waals surface area contributed by atoms with Gasteiger partial charge in [0.05, 0.1) is 24.8 Å². The van der Waals surface area contributed by atoms with Gasteiger partial charge >= 0.3 is 0 Å². The van der Waals surface area contributed by atoms with E-state index >= 15 is 0 Å². The van der Waals surface area contributed by atoms with Crippen LogP contribution < -0.4 is 0 Å². The minimum Gasteiger partial charge on any atom is -0.188 e. The molecule has 0 saturated heterocycles. The molecule has 0 aromatic carbocycles. The van der Waals surface area contributed by atoms with Crippen LogP contribution in [0.5, 0.6) is 0 Å². The average Bonchev–Trinajstić information content (AvgIpc) is 2.98. The van der Waals surface area contributed by atoms with Crippen molar-refractivity contribution >= 4 is 0 Å². The average molecular weight is 274 g/mol. The summed E-state index contributed by atoms with van der Waals surface area (Å²) in [7, 11) is 3.56. The van der Waals surface area contributed by atoms with E-state index in [9.17, 15) is 0 Å². The Bertz CT molecular complexity index is 257. The third kappa shape index (κ3) is 22.0. The molecule has 0 amide bonds. The van der Waals surface area contributed by atoms with Gasteiger partial charge in [-0.05, 0) is 0 Å². The molecule has 0 atom stereocenters. The molecule has 0 saturated carbocycles. The molecule has 2 aromatic heterocycles. The van der Waals surface area contributed by atoms with Crippen molar-refractivity contribution in [2.45, 2.75) is 50.0 Å². The molecule has 0 aliphatic carbocycles. The van der Waals surface area contributed by atoms with Gasteiger partial charge in [-0.25, -0.2) is 0 Å². The van der Waals surface area contributed by atoms with Gasteiger partial charge in [-0.3, -0.25) is 0 Å². The first-order chi connectivity index (χ1) is 7.79. The van der Waals surface area contributed by atoms with Crippen LogP contribution in [0, 0.1) is 0 Å². The molecule has 0 spiro atoms. The van der Waals surface area contributed by atoms with E-state index in [2.05, 4.69) is 20.4 Å². The molecule has 6 nitrogen and oxygen atoms in total. The number of aryl methyl sites for hydroxylation is 2. The molecule has 6 heteroatoms. The van der Waals surface area contributed by atoms with Crippen molar-refractivity contribution < 1.29 is 0 Å². The maximum atomic E-state index is 3.72. The molecule has 0 aliphatic rings. The molecular formula is C13H34N6. The molecule has 0 bridgehead atoms. The second kappa shape index (κ2) is 25.2. The van der Waals surface area contributed by atoms with Gasteiger partial charge in [0.25, 0.3) is 0 Å². The van der Waals surface area contributed by atoms with Crippen molar-refractivity contribution in [1.29, 1.82) is 0 Å². The highest BCUT2D eigenvalue weighted by Gasteiger charge is 1.71. The van der Waals surface area contributed by atoms with Crippen LogP contribution in [0.3, 0.4) is 0 Å². The lowest BCUT2D eigenvalue weighted by Gasteiger charge is -1.75. The molecular weight excluding hydrogens is 240 g/mol. The number of nitrogens with zero attached hydrogens (tertiary/aromatic N) is 6. The van der Waals surface area contributed by atoms with Crippen LogP contribution >= 0.6 is 0 Å². The number of hydrogen-bond donors (Lipinski definition) is 0. The van der Waals surface area contributed by atoms with Crippen LogP contribution in [-0.4, -0.2) is 30.0 Å². The molecule has 2 aromatic rings. The molecule has 0 N–H and O–H groups in total. The maximum absolute atomic E-state index is 3.72. The predicted octanol–water partition coefficient (Wildman–Crippen LogP) is 3.59. The van der Waals surface area contributed by atoms with E-state index in [0.717, 1.165) is 0 Å². The molecule has 19 heavy (non-hydrogen) atoms. The van der Waals surface area contributed by atoms with E-state index in [1.165, 1.54) is 9.59 Å². The van der Waals surface area contributed by atoms with Crippen LogP contribution in [-0.2, 0) is 14.1 Å². The van der Waals surface area contributed by atoms with E-state index in [0.29, 0.717) is 0 Å². The van der Waals surface area contributed by atoms with Crippen molar-refractivity contribution in [2.24, 2.45) is 14.1 Å². The molecule has 0 fully saturated rings. The second-order valence-electron chi connectivity index (χ2n) is 2.04. The van der Waals surface area contributed by atoms with E-state index in [1.54, 1.807) is 38.9 Å². The van der Waals surface area contributed by atoms with Crippen molar-refractivity contribution in [1.82, 2.24) is 30.0 Å². The summed E-state index contributed by atoms with van der Waals surface area (Å²) in [6.45, 7) is 8.00. The Balaban J connectivity index is -0.0000000486. The normalized spacial score (nSPS) is 6.21. The van der Waals surface area contributed by atoms with Gasteiger partial charge in [-0.2, -0.15) is 30.0 Å². The van der Waals surface area contributed by atoms with E-state index < -0.39 is 0 Å². The largest absolute Gasteiger partial charge is 0.188 e. The highest BCUT2D eigenvalue weighted by atomic mass is 15.4. The zero-order chi connectivity index (χ0) is 12.8. The number of rotatable bonds is 0. The zero-order valence-electron chi connectivity index (χ0n) is 11.0. The first-order valence-electron chi connectivity index (χ1n) is 5.39. The Hall–Kier alpha value is -1.72. The van der Waals surface area contributed by atoms with Crippen molar-refractivity contribution in [3.63, 3.8) is 0 Å². The van der Waals surface area contributed by atoms with Crippen LogP contribution in [0.15, 0.2) is 24.8 Å². The Morgan fingerprint density at radius 1 is 0.526 bits per heavy atom. The van der Waals surface area contributed by atoms with E-state index in [1.807, 2.05) is 27.7 Å². The SMILES string of the molecule is C.C.C.CC.CC.Cn1nccn1.Cn1nccn1. The lowest BCUT2D eigenvalue weighted by atomic mass is 11.0. The van der Waals surface area contributed by atoms with Crippen molar-refractivity contribution in [3.05, 3.63) is 24.8 Å². The quantitative estimate of drug-likeness (QED) is 0.736. The fraction of sp³-hybridized carbons (Fsp3) is 0.692. The molecule has 0 radical (unpaired) electrons. The third-order valence-corrected chi connectivity index (χ3v) is 1.07. The van der Waals surface area contributed by atoms with Gasteiger partial charge in [0.15, 0.2) is 0 Å². The van der Waals surface area contributed by atoms with Crippen LogP contribution in [0.25, 0.3) is 0 Å². The van der Waals surface area contributed by atoms with Gasteiger partial charge in [0.1, 0.15) is 0 Å². The van der Waals surface area contributed by atoms with Gasteiger partial charge < -0.3 is 0 Å². The Labute approximate surface area is 119 Å². The summed E-state index contributed by atoms with van der Waals surface area (Å²) >= 11 is 0. The standard InChI is InChI=1S/2C3H5N3.2C2H6.3CH4/c2*1-6-4-2-3-5-6;2*1-2;;;/h2*2-3H,1H3;2*1-2H3;3*1H4. The summed E-state index contributed by atoms with van der Waals surface area (Å²) in [5.74, 6) is 0. The molecule has 2 rings (SSSR count). The lowest BCUT2D eigenvalue weighted by Crippen LogP contribution is -1.89. The van der Waals surface area contributed by atoms with E-state index in [4.69, 9.17) is 0 Å². The third-order valence-electron chi connectivity index (χ3n) is 1.07.